The Kier molecular flexibility index (Phi) is 8.58. The number of carbonyl (C=O) groups is 2. The standard InChI is InChI=1S/C28H31FN4O4/c1-36-18-13-30-28(35)23-19-22(31-27(34)20-7-9-21(29)10-8-20)11-12-24(23)32-14-16-33(17-15-32)25-5-3-4-6-26(25)37-2/h3-12,19H,13-18H2,1-2H3,(H,30,35)(H,31,34). The second kappa shape index (κ2) is 12.2. The first-order chi connectivity index (χ1) is 18.0. The number of para-hydroxylation sites is 2. The highest BCUT2D eigenvalue weighted by atomic mass is 19.1. The summed E-state index contributed by atoms with van der Waals surface area (Å²) in [5, 5.41) is 5.68. The van der Waals surface area contributed by atoms with Crippen LogP contribution in [-0.2, 0) is 4.74 Å². The molecule has 0 saturated carbocycles. The molecule has 0 radical (unpaired) electrons. The van der Waals surface area contributed by atoms with Crippen LogP contribution in [0.4, 0.5) is 21.5 Å². The number of carbonyl (C=O) groups excluding carboxylic acids is 2. The number of halogens is 1. The number of methoxy groups -OCH3 is 2. The van der Waals surface area contributed by atoms with Crippen LogP contribution in [-0.4, -0.2) is 65.4 Å². The Morgan fingerprint density at radius 2 is 1.54 bits per heavy atom. The van der Waals surface area contributed by atoms with Crippen LogP contribution in [0.5, 0.6) is 5.75 Å². The summed E-state index contributed by atoms with van der Waals surface area (Å²) >= 11 is 0. The highest BCUT2D eigenvalue weighted by Crippen LogP contribution is 2.31. The SMILES string of the molecule is COCCNC(=O)c1cc(NC(=O)c2ccc(F)cc2)ccc1N1CCN(c2ccccc2OC)CC1. The van der Waals surface area contributed by atoms with Gasteiger partial charge in [-0.05, 0) is 54.6 Å². The van der Waals surface area contributed by atoms with Gasteiger partial charge in [0.2, 0.25) is 0 Å². The molecule has 37 heavy (non-hydrogen) atoms. The average Bonchev–Trinajstić information content (AvgIpc) is 2.93. The number of hydrogen-bond acceptors (Lipinski definition) is 6. The maximum absolute atomic E-state index is 13.2. The van der Waals surface area contributed by atoms with Crippen LogP contribution >= 0.6 is 0 Å². The predicted molar refractivity (Wildman–Crippen MR) is 142 cm³/mol. The Morgan fingerprint density at radius 1 is 0.865 bits per heavy atom. The van der Waals surface area contributed by atoms with Crippen molar-refractivity contribution in [2.45, 2.75) is 0 Å². The third-order valence-corrected chi connectivity index (χ3v) is 6.24. The summed E-state index contributed by atoms with van der Waals surface area (Å²) in [4.78, 5) is 30.2. The zero-order valence-electron chi connectivity index (χ0n) is 21.0. The summed E-state index contributed by atoms with van der Waals surface area (Å²) in [5.41, 5.74) is 3.08. The quantitative estimate of drug-likeness (QED) is 0.430. The second-order valence-corrected chi connectivity index (χ2v) is 8.59. The van der Waals surface area contributed by atoms with Gasteiger partial charge in [-0.3, -0.25) is 9.59 Å². The van der Waals surface area contributed by atoms with E-state index in [0.29, 0.717) is 43.1 Å². The van der Waals surface area contributed by atoms with Crippen LogP contribution in [0.2, 0.25) is 0 Å². The topological polar surface area (TPSA) is 83.1 Å². The minimum Gasteiger partial charge on any atom is -0.495 e. The van der Waals surface area contributed by atoms with E-state index < -0.39 is 5.82 Å². The molecule has 3 aromatic carbocycles. The van der Waals surface area contributed by atoms with Gasteiger partial charge in [0.15, 0.2) is 0 Å². The molecule has 0 aliphatic carbocycles. The van der Waals surface area contributed by atoms with E-state index in [0.717, 1.165) is 30.2 Å². The number of hydrogen-bond donors (Lipinski definition) is 2. The van der Waals surface area contributed by atoms with Gasteiger partial charge in [0.05, 0.1) is 25.0 Å². The minimum absolute atomic E-state index is 0.253. The molecule has 1 aliphatic rings. The van der Waals surface area contributed by atoms with Crippen LogP contribution in [0.15, 0.2) is 66.7 Å². The Bertz CT molecular complexity index is 1230. The third kappa shape index (κ3) is 6.37. The van der Waals surface area contributed by atoms with Gasteiger partial charge in [0, 0.05) is 56.8 Å². The lowest BCUT2D eigenvalue weighted by molar-refractivity contribution is 0.0936. The summed E-state index contributed by atoms with van der Waals surface area (Å²) in [6.45, 7) is 3.68. The van der Waals surface area contributed by atoms with Gasteiger partial charge in [0.1, 0.15) is 11.6 Å². The lowest BCUT2D eigenvalue weighted by Gasteiger charge is -2.38. The number of piperazine rings is 1. The highest BCUT2D eigenvalue weighted by molar-refractivity contribution is 6.06. The maximum atomic E-state index is 13.2. The van der Waals surface area contributed by atoms with Crippen molar-refractivity contribution in [3.63, 3.8) is 0 Å². The first-order valence-electron chi connectivity index (χ1n) is 12.1. The molecule has 0 bridgehead atoms. The fourth-order valence-corrected chi connectivity index (χ4v) is 4.32. The van der Waals surface area contributed by atoms with E-state index >= 15 is 0 Å². The van der Waals surface area contributed by atoms with E-state index in [-0.39, 0.29) is 11.8 Å². The molecular weight excluding hydrogens is 475 g/mol. The van der Waals surface area contributed by atoms with E-state index in [1.54, 1.807) is 26.4 Å². The third-order valence-electron chi connectivity index (χ3n) is 6.24. The Balaban J connectivity index is 1.53. The van der Waals surface area contributed by atoms with Crippen LogP contribution in [0, 0.1) is 5.82 Å². The first-order valence-corrected chi connectivity index (χ1v) is 12.1. The van der Waals surface area contributed by atoms with Crippen LogP contribution in [0.1, 0.15) is 20.7 Å². The molecule has 1 saturated heterocycles. The van der Waals surface area contributed by atoms with Crippen molar-refractivity contribution >= 4 is 28.9 Å². The van der Waals surface area contributed by atoms with E-state index in [1.165, 1.54) is 24.3 Å². The number of nitrogens with one attached hydrogen (secondary N) is 2. The molecule has 0 unspecified atom stereocenters. The van der Waals surface area contributed by atoms with Crippen molar-refractivity contribution in [2.24, 2.45) is 0 Å². The molecule has 2 amide bonds. The van der Waals surface area contributed by atoms with E-state index in [2.05, 4.69) is 20.4 Å². The summed E-state index contributed by atoms with van der Waals surface area (Å²) in [6.07, 6.45) is 0. The normalized spacial score (nSPS) is 13.3. The van der Waals surface area contributed by atoms with Gasteiger partial charge in [-0.25, -0.2) is 4.39 Å². The van der Waals surface area contributed by atoms with Crippen LogP contribution in [0.3, 0.4) is 0 Å². The maximum Gasteiger partial charge on any atom is 0.255 e. The Hall–Kier alpha value is -4.11. The number of amides is 2. The molecule has 1 fully saturated rings. The van der Waals surface area contributed by atoms with E-state index in [4.69, 9.17) is 9.47 Å². The number of ether oxygens (including phenoxy) is 2. The molecule has 8 nitrogen and oxygen atoms in total. The number of rotatable bonds is 9. The van der Waals surface area contributed by atoms with Crippen molar-refractivity contribution in [3.05, 3.63) is 83.7 Å². The van der Waals surface area contributed by atoms with Gasteiger partial charge >= 0.3 is 0 Å². The molecule has 4 rings (SSSR count). The van der Waals surface area contributed by atoms with Crippen LogP contribution < -0.4 is 25.2 Å². The van der Waals surface area contributed by atoms with Crippen molar-refractivity contribution in [3.8, 4) is 5.75 Å². The summed E-state index contributed by atoms with van der Waals surface area (Å²) in [7, 11) is 3.24. The fraction of sp³-hybridized carbons (Fsp3) is 0.286. The molecule has 3 aromatic rings. The van der Waals surface area contributed by atoms with Gasteiger partial charge in [0.25, 0.3) is 11.8 Å². The van der Waals surface area contributed by atoms with Gasteiger partial charge in [-0.1, -0.05) is 12.1 Å². The van der Waals surface area contributed by atoms with Gasteiger partial charge in [-0.2, -0.15) is 0 Å². The molecule has 0 aromatic heterocycles. The number of anilines is 3. The molecule has 9 heteroatoms. The smallest absolute Gasteiger partial charge is 0.255 e. The minimum atomic E-state index is -0.415. The second-order valence-electron chi connectivity index (χ2n) is 8.59. The molecule has 0 spiro atoms. The molecule has 194 valence electrons. The fourth-order valence-electron chi connectivity index (χ4n) is 4.32. The van der Waals surface area contributed by atoms with Crippen molar-refractivity contribution in [1.82, 2.24) is 5.32 Å². The monoisotopic (exact) mass is 506 g/mol. The lowest BCUT2D eigenvalue weighted by Crippen LogP contribution is -2.47. The molecule has 1 aliphatic heterocycles. The molecule has 1 heterocycles. The van der Waals surface area contributed by atoms with Crippen molar-refractivity contribution < 1.29 is 23.5 Å². The van der Waals surface area contributed by atoms with E-state index in [1.807, 2.05) is 30.3 Å². The first kappa shape index (κ1) is 26.0. The van der Waals surface area contributed by atoms with Crippen molar-refractivity contribution in [1.29, 1.82) is 0 Å². The van der Waals surface area contributed by atoms with Gasteiger partial charge in [-0.15, -0.1) is 0 Å². The molecule has 0 atom stereocenters. The molecular formula is C28H31FN4O4. The predicted octanol–water partition coefficient (Wildman–Crippen LogP) is 3.79. The van der Waals surface area contributed by atoms with Crippen molar-refractivity contribution in [2.75, 3.05) is 68.7 Å². The average molecular weight is 507 g/mol. The number of nitrogens with zero attached hydrogens (tertiary/aromatic N) is 2. The lowest BCUT2D eigenvalue weighted by atomic mass is 10.1. The Labute approximate surface area is 216 Å². The molecule has 2 N–H and O–H groups in total. The zero-order chi connectivity index (χ0) is 26.2. The van der Waals surface area contributed by atoms with Crippen LogP contribution in [0.25, 0.3) is 0 Å². The largest absolute Gasteiger partial charge is 0.495 e. The van der Waals surface area contributed by atoms with E-state index in [9.17, 15) is 14.0 Å². The number of benzene rings is 3. The summed E-state index contributed by atoms with van der Waals surface area (Å²) < 4.78 is 23.8. The summed E-state index contributed by atoms with van der Waals surface area (Å²) in [5.74, 6) is -0.224. The van der Waals surface area contributed by atoms with Gasteiger partial charge < -0.3 is 29.9 Å². The highest BCUT2D eigenvalue weighted by Gasteiger charge is 2.24. The Morgan fingerprint density at radius 3 is 2.22 bits per heavy atom. The summed E-state index contributed by atoms with van der Waals surface area (Å²) in [6, 6.07) is 18.5. The zero-order valence-corrected chi connectivity index (χ0v) is 21.0.